The molecule has 1 saturated heterocycles. The molecule has 0 spiro atoms. The molecule has 2 aromatic rings. The van der Waals surface area contributed by atoms with Gasteiger partial charge in [0.2, 0.25) is 11.8 Å². The van der Waals surface area contributed by atoms with Gasteiger partial charge in [-0.25, -0.2) is 9.67 Å². The zero-order chi connectivity index (χ0) is 18.0. The van der Waals surface area contributed by atoms with Crippen molar-refractivity contribution in [2.45, 2.75) is 26.3 Å². The first-order chi connectivity index (χ1) is 12.0. The van der Waals surface area contributed by atoms with E-state index in [4.69, 9.17) is 4.74 Å². The van der Waals surface area contributed by atoms with Crippen LogP contribution in [-0.4, -0.2) is 58.3 Å². The molecule has 8 nitrogen and oxygen atoms in total. The summed E-state index contributed by atoms with van der Waals surface area (Å²) in [5.41, 5.74) is 1.40. The molecule has 8 heteroatoms. The van der Waals surface area contributed by atoms with Crippen molar-refractivity contribution in [1.29, 1.82) is 0 Å². The average Bonchev–Trinajstić information content (AvgIpc) is 3.16. The van der Waals surface area contributed by atoms with E-state index in [-0.39, 0.29) is 30.2 Å². The van der Waals surface area contributed by atoms with Crippen molar-refractivity contribution in [3.05, 3.63) is 18.5 Å². The van der Waals surface area contributed by atoms with Crippen LogP contribution in [0.1, 0.15) is 26.3 Å². The number of fused-ring (bicyclic) bond motifs is 1. The van der Waals surface area contributed by atoms with Gasteiger partial charge in [-0.15, -0.1) is 0 Å². The topological polar surface area (TPSA) is 89.3 Å². The Morgan fingerprint density at radius 1 is 1.44 bits per heavy atom. The number of likely N-dealkylation sites (tertiary alicyclic amines) is 1. The normalized spacial score (nSPS) is 17.7. The molecule has 3 rings (SSSR count). The molecule has 0 aliphatic carbocycles. The number of ether oxygens (including phenoxy) is 1. The van der Waals surface area contributed by atoms with Crippen molar-refractivity contribution in [3.63, 3.8) is 0 Å². The molecule has 0 bridgehead atoms. The second-order valence-electron chi connectivity index (χ2n) is 6.54. The van der Waals surface area contributed by atoms with Crippen LogP contribution >= 0.6 is 0 Å². The van der Waals surface area contributed by atoms with Crippen molar-refractivity contribution in [1.82, 2.24) is 19.7 Å². The van der Waals surface area contributed by atoms with Gasteiger partial charge in [-0.2, -0.15) is 5.10 Å². The highest BCUT2D eigenvalue weighted by atomic mass is 16.5. The Bertz CT molecular complexity index is 786. The number of carbonyl (C=O) groups is 2. The number of carbonyl (C=O) groups excluding carboxylic acids is 2. The van der Waals surface area contributed by atoms with Crippen molar-refractivity contribution in [3.8, 4) is 0 Å². The summed E-state index contributed by atoms with van der Waals surface area (Å²) in [6, 6.07) is 2.07. The van der Waals surface area contributed by atoms with E-state index >= 15 is 0 Å². The highest BCUT2D eigenvalue weighted by Gasteiger charge is 2.34. The molecular weight excluding hydrogens is 322 g/mol. The summed E-state index contributed by atoms with van der Waals surface area (Å²) in [4.78, 5) is 30.5. The number of nitrogens with zero attached hydrogens (tertiary/aromatic N) is 4. The minimum Gasteiger partial charge on any atom is -0.383 e. The Hall–Kier alpha value is -2.48. The summed E-state index contributed by atoms with van der Waals surface area (Å²) in [5.74, 6) is -0.520. The van der Waals surface area contributed by atoms with Gasteiger partial charge in [-0.1, -0.05) is 0 Å². The van der Waals surface area contributed by atoms with Crippen LogP contribution in [0.5, 0.6) is 0 Å². The van der Waals surface area contributed by atoms with Crippen molar-refractivity contribution >= 4 is 28.5 Å². The summed E-state index contributed by atoms with van der Waals surface area (Å²) in [7, 11) is 1.59. The predicted molar refractivity (Wildman–Crippen MR) is 93.1 cm³/mol. The van der Waals surface area contributed by atoms with Crippen molar-refractivity contribution < 1.29 is 14.3 Å². The number of nitrogens with one attached hydrogen (secondary N) is 1. The first kappa shape index (κ1) is 17.3. The molecule has 25 heavy (non-hydrogen) atoms. The summed E-state index contributed by atoms with van der Waals surface area (Å²) >= 11 is 0. The van der Waals surface area contributed by atoms with Crippen molar-refractivity contribution in [2.24, 2.45) is 5.92 Å². The molecule has 2 aromatic heterocycles. The van der Waals surface area contributed by atoms with Crippen LogP contribution in [-0.2, 0) is 14.3 Å². The lowest BCUT2D eigenvalue weighted by molar-refractivity contribution is -0.128. The molecule has 1 fully saturated rings. The Morgan fingerprint density at radius 3 is 2.96 bits per heavy atom. The third kappa shape index (κ3) is 3.63. The number of hydrogen-bond donors (Lipinski definition) is 1. The quantitative estimate of drug-likeness (QED) is 0.856. The maximum Gasteiger partial charge on any atom is 0.229 e. The SMILES string of the molecule is COCCN1CC(C(=O)Nc2cnc3c(cnn3C(C)C)c2)CC1=O. The van der Waals surface area contributed by atoms with Crippen LogP contribution < -0.4 is 5.32 Å². The molecule has 134 valence electrons. The third-order valence-electron chi connectivity index (χ3n) is 4.34. The van der Waals surface area contributed by atoms with Gasteiger partial charge in [0.05, 0.1) is 30.6 Å². The molecule has 1 aliphatic rings. The number of anilines is 1. The minimum absolute atomic E-state index is 0.0102. The maximum atomic E-state index is 12.5. The highest BCUT2D eigenvalue weighted by Crippen LogP contribution is 2.22. The molecular formula is C17H23N5O3. The molecule has 2 amide bonds. The Morgan fingerprint density at radius 2 is 2.24 bits per heavy atom. The number of amides is 2. The number of methoxy groups -OCH3 is 1. The van der Waals surface area contributed by atoms with Gasteiger partial charge in [0.15, 0.2) is 5.65 Å². The molecule has 0 aromatic carbocycles. The second kappa shape index (κ2) is 7.18. The van der Waals surface area contributed by atoms with Gasteiger partial charge in [-0.05, 0) is 19.9 Å². The molecule has 3 heterocycles. The maximum absolute atomic E-state index is 12.5. The zero-order valence-corrected chi connectivity index (χ0v) is 14.7. The van der Waals surface area contributed by atoms with Gasteiger partial charge >= 0.3 is 0 Å². The Labute approximate surface area is 146 Å². The predicted octanol–water partition coefficient (Wildman–Crippen LogP) is 1.45. The molecule has 0 saturated carbocycles. The van der Waals surface area contributed by atoms with Crippen LogP contribution in [0.3, 0.4) is 0 Å². The largest absolute Gasteiger partial charge is 0.383 e. The summed E-state index contributed by atoms with van der Waals surface area (Å²) in [6.07, 6.45) is 3.60. The monoisotopic (exact) mass is 345 g/mol. The van der Waals surface area contributed by atoms with Crippen LogP contribution in [0.4, 0.5) is 5.69 Å². The van der Waals surface area contributed by atoms with E-state index in [2.05, 4.69) is 15.4 Å². The van der Waals surface area contributed by atoms with Crippen LogP contribution in [0.15, 0.2) is 18.5 Å². The third-order valence-corrected chi connectivity index (χ3v) is 4.34. The number of pyridine rings is 1. The average molecular weight is 345 g/mol. The molecule has 1 N–H and O–H groups in total. The summed E-state index contributed by atoms with van der Waals surface area (Å²) < 4.78 is 6.83. The lowest BCUT2D eigenvalue weighted by atomic mass is 10.1. The van der Waals surface area contributed by atoms with E-state index < -0.39 is 0 Å². The molecule has 1 atom stereocenters. The first-order valence-electron chi connectivity index (χ1n) is 8.40. The van der Waals surface area contributed by atoms with Crippen LogP contribution in [0.25, 0.3) is 11.0 Å². The van der Waals surface area contributed by atoms with E-state index in [1.54, 1.807) is 24.4 Å². The first-order valence-corrected chi connectivity index (χ1v) is 8.40. The van der Waals surface area contributed by atoms with Gasteiger partial charge in [0.25, 0.3) is 0 Å². The zero-order valence-electron chi connectivity index (χ0n) is 14.7. The van der Waals surface area contributed by atoms with Gasteiger partial charge in [0, 0.05) is 38.0 Å². The lowest BCUT2D eigenvalue weighted by Gasteiger charge is -2.15. The second-order valence-corrected chi connectivity index (χ2v) is 6.54. The molecule has 1 aliphatic heterocycles. The van der Waals surface area contributed by atoms with E-state index in [9.17, 15) is 9.59 Å². The number of hydrogen-bond acceptors (Lipinski definition) is 5. The minimum atomic E-state index is -0.349. The van der Waals surface area contributed by atoms with Crippen LogP contribution in [0, 0.1) is 5.92 Å². The van der Waals surface area contributed by atoms with Crippen molar-refractivity contribution in [2.75, 3.05) is 32.1 Å². The summed E-state index contributed by atoms with van der Waals surface area (Å²) in [5, 5.41) is 8.05. The van der Waals surface area contributed by atoms with E-state index in [1.807, 2.05) is 24.6 Å². The van der Waals surface area contributed by atoms with E-state index in [0.717, 1.165) is 11.0 Å². The van der Waals surface area contributed by atoms with E-state index in [0.29, 0.717) is 25.4 Å². The lowest BCUT2D eigenvalue weighted by Crippen LogP contribution is -2.30. The molecule has 0 radical (unpaired) electrons. The fourth-order valence-corrected chi connectivity index (χ4v) is 3.00. The standard InChI is InChI=1S/C17H23N5O3/c1-11(2)22-16-12(8-19-22)6-14(9-18-16)20-17(24)13-7-15(23)21(10-13)4-5-25-3/h6,8-9,11,13H,4-5,7,10H2,1-3H3,(H,20,24). The van der Waals surface area contributed by atoms with Gasteiger partial charge in [-0.3, -0.25) is 9.59 Å². The molecule has 1 unspecified atom stereocenters. The Kier molecular flexibility index (Phi) is 4.98. The fourth-order valence-electron chi connectivity index (χ4n) is 3.00. The number of rotatable bonds is 6. The van der Waals surface area contributed by atoms with Gasteiger partial charge in [0.1, 0.15) is 0 Å². The Balaban J connectivity index is 1.67. The summed E-state index contributed by atoms with van der Waals surface area (Å²) in [6.45, 7) is 5.49. The highest BCUT2D eigenvalue weighted by molar-refractivity contribution is 5.98. The fraction of sp³-hybridized carbons (Fsp3) is 0.529. The van der Waals surface area contributed by atoms with Gasteiger partial charge < -0.3 is 15.0 Å². The van der Waals surface area contributed by atoms with Crippen LogP contribution in [0.2, 0.25) is 0 Å². The smallest absolute Gasteiger partial charge is 0.229 e. The number of aromatic nitrogens is 3. The van der Waals surface area contributed by atoms with E-state index in [1.165, 1.54) is 0 Å².